The number of nitrogens with zero attached hydrogens (tertiary/aromatic N) is 1. The molecule has 1 N–H and O–H groups in total. The van der Waals surface area contributed by atoms with Crippen LogP contribution in [0.15, 0.2) is 29.7 Å². The summed E-state index contributed by atoms with van der Waals surface area (Å²) in [5.41, 5.74) is 1.97. The van der Waals surface area contributed by atoms with Crippen LogP contribution in [0.5, 0.6) is 0 Å². The van der Waals surface area contributed by atoms with Gasteiger partial charge in [0, 0.05) is 17.0 Å². The Balaban J connectivity index is 2.29. The summed E-state index contributed by atoms with van der Waals surface area (Å²) >= 11 is 1.39. The van der Waals surface area contributed by atoms with Gasteiger partial charge in [-0.25, -0.2) is 14.2 Å². The highest BCUT2D eigenvalue weighted by atomic mass is 32.1. The largest absolute Gasteiger partial charge is 0.478 e. The smallest absolute Gasteiger partial charge is 0.328 e. The van der Waals surface area contributed by atoms with Gasteiger partial charge < -0.3 is 5.11 Å². The zero-order valence-corrected chi connectivity index (χ0v) is 10.4. The Bertz CT molecular complexity index is 619. The quantitative estimate of drug-likeness (QED) is 0.864. The lowest BCUT2D eigenvalue weighted by molar-refractivity contribution is -0.131. The summed E-state index contributed by atoms with van der Waals surface area (Å²) in [6, 6.07) is 4.78. The molecule has 0 aliphatic carbocycles. The number of hydrogen-bond acceptors (Lipinski definition) is 3. The van der Waals surface area contributed by atoms with Crippen LogP contribution in [-0.2, 0) is 4.79 Å². The second-order valence-electron chi connectivity index (χ2n) is 3.71. The molecule has 1 heterocycles. The molecule has 0 spiro atoms. The summed E-state index contributed by atoms with van der Waals surface area (Å²) < 4.78 is 13.1. The van der Waals surface area contributed by atoms with Gasteiger partial charge in [-0.15, -0.1) is 11.3 Å². The van der Waals surface area contributed by atoms with Gasteiger partial charge in [-0.1, -0.05) is 0 Å². The van der Waals surface area contributed by atoms with Gasteiger partial charge in [0.2, 0.25) is 0 Å². The Hall–Kier alpha value is -2.01. The van der Waals surface area contributed by atoms with Gasteiger partial charge >= 0.3 is 5.97 Å². The molecule has 0 radical (unpaired) electrons. The minimum atomic E-state index is -1.01. The van der Waals surface area contributed by atoms with E-state index in [1.54, 1.807) is 24.4 Å². The molecular formula is C13H10FNO2S. The van der Waals surface area contributed by atoms with Crippen LogP contribution in [0.25, 0.3) is 16.6 Å². The second kappa shape index (κ2) is 5.10. The third-order valence-corrected chi connectivity index (χ3v) is 3.23. The van der Waals surface area contributed by atoms with Crippen LogP contribution in [0.4, 0.5) is 4.39 Å². The van der Waals surface area contributed by atoms with E-state index in [-0.39, 0.29) is 5.82 Å². The number of carboxylic acid groups (broad SMARTS) is 1. The molecule has 18 heavy (non-hydrogen) atoms. The minimum absolute atomic E-state index is 0.249. The van der Waals surface area contributed by atoms with Gasteiger partial charge in [-0.3, -0.25) is 0 Å². The number of halogens is 1. The maximum Gasteiger partial charge on any atom is 0.328 e. The van der Waals surface area contributed by atoms with Gasteiger partial charge in [-0.05, 0) is 36.8 Å². The Morgan fingerprint density at radius 2 is 2.28 bits per heavy atom. The summed E-state index contributed by atoms with van der Waals surface area (Å²) in [5, 5.41) is 11.0. The highest BCUT2D eigenvalue weighted by Crippen LogP contribution is 2.25. The third kappa shape index (κ3) is 2.81. The number of carbonyl (C=O) groups is 1. The average Bonchev–Trinajstić information content (AvgIpc) is 2.79. The Morgan fingerprint density at radius 3 is 2.94 bits per heavy atom. The van der Waals surface area contributed by atoms with Crippen LogP contribution in [0.3, 0.4) is 0 Å². The number of aliphatic carboxylic acids is 1. The van der Waals surface area contributed by atoms with Crippen molar-refractivity contribution < 1.29 is 14.3 Å². The van der Waals surface area contributed by atoms with Gasteiger partial charge in [0.1, 0.15) is 10.8 Å². The van der Waals surface area contributed by atoms with Crippen LogP contribution in [-0.4, -0.2) is 16.1 Å². The lowest BCUT2D eigenvalue weighted by Crippen LogP contribution is -1.86. The molecule has 1 aromatic heterocycles. The summed E-state index contributed by atoms with van der Waals surface area (Å²) in [4.78, 5) is 14.6. The summed E-state index contributed by atoms with van der Waals surface area (Å²) in [5.74, 6) is -1.26. The van der Waals surface area contributed by atoms with Crippen molar-refractivity contribution in [3.05, 3.63) is 46.7 Å². The van der Waals surface area contributed by atoms with Crippen molar-refractivity contribution >= 4 is 23.4 Å². The number of thiazole rings is 1. The fraction of sp³-hybridized carbons (Fsp3) is 0.0769. The summed E-state index contributed by atoms with van der Waals surface area (Å²) in [7, 11) is 0. The molecule has 0 atom stereocenters. The van der Waals surface area contributed by atoms with Crippen molar-refractivity contribution in [3.63, 3.8) is 0 Å². The predicted octanol–water partition coefficient (Wildman–Crippen LogP) is 3.36. The number of benzene rings is 1. The first-order valence-electron chi connectivity index (χ1n) is 5.19. The second-order valence-corrected chi connectivity index (χ2v) is 4.57. The van der Waals surface area contributed by atoms with Crippen molar-refractivity contribution in [2.24, 2.45) is 0 Å². The number of hydrogen-bond donors (Lipinski definition) is 1. The molecule has 0 saturated carbocycles. The van der Waals surface area contributed by atoms with Gasteiger partial charge in [0.25, 0.3) is 0 Å². The topological polar surface area (TPSA) is 50.2 Å². The normalized spacial score (nSPS) is 11.0. The van der Waals surface area contributed by atoms with Crippen molar-refractivity contribution in [1.82, 2.24) is 4.98 Å². The molecule has 0 amide bonds. The van der Waals surface area contributed by atoms with Crippen LogP contribution >= 0.6 is 11.3 Å². The van der Waals surface area contributed by atoms with Gasteiger partial charge in [0.15, 0.2) is 0 Å². The SMILES string of the molecule is Cc1cc(-c2nc(/C=C/C(=O)O)cs2)ccc1F. The zero-order valence-electron chi connectivity index (χ0n) is 9.55. The first-order valence-corrected chi connectivity index (χ1v) is 6.07. The molecule has 0 aliphatic rings. The third-order valence-electron chi connectivity index (χ3n) is 2.32. The number of aromatic nitrogens is 1. The fourth-order valence-electron chi connectivity index (χ4n) is 1.43. The lowest BCUT2D eigenvalue weighted by atomic mass is 10.1. The molecule has 0 fully saturated rings. The van der Waals surface area contributed by atoms with Crippen molar-refractivity contribution in [2.45, 2.75) is 6.92 Å². The fourth-order valence-corrected chi connectivity index (χ4v) is 2.21. The maximum absolute atomic E-state index is 13.1. The molecular weight excluding hydrogens is 253 g/mol. The van der Waals surface area contributed by atoms with E-state index in [9.17, 15) is 9.18 Å². The summed E-state index contributed by atoms with van der Waals surface area (Å²) in [6.45, 7) is 1.69. The average molecular weight is 263 g/mol. The van der Waals surface area contributed by atoms with Crippen LogP contribution in [0.1, 0.15) is 11.3 Å². The summed E-state index contributed by atoms with van der Waals surface area (Å²) in [6.07, 6.45) is 2.47. The Kier molecular flexibility index (Phi) is 3.53. The Morgan fingerprint density at radius 1 is 1.50 bits per heavy atom. The van der Waals surface area contributed by atoms with Crippen molar-refractivity contribution in [2.75, 3.05) is 0 Å². The molecule has 3 nitrogen and oxygen atoms in total. The number of rotatable bonds is 3. The molecule has 2 aromatic rings. The van der Waals surface area contributed by atoms with Crippen molar-refractivity contribution in [1.29, 1.82) is 0 Å². The van der Waals surface area contributed by atoms with Gasteiger partial charge in [0.05, 0.1) is 5.69 Å². The Labute approximate surface area is 107 Å². The van der Waals surface area contributed by atoms with E-state index < -0.39 is 5.97 Å². The van der Waals surface area contributed by atoms with Gasteiger partial charge in [-0.2, -0.15) is 0 Å². The number of aryl methyl sites for hydroxylation is 1. The van der Waals surface area contributed by atoms with E-state index in [1.807, 2.05) is 0 Å². The van der Waals surface area contributed by atoms with E-state index in [2.05, 4.69) is 4.98 Å². The van der Waals surface area contributed by atoms with Crippen molar-refractivity contribution in [3.8, 4) is 10.6 Å². The molecule has 0 bridgehead atoms. The molecule has 0 aliphatic heterocycles. The highest BCUT2D eigenvalue weighted by molar-refractivity contribution is 7.13. The highest BCUT2D eigenvalue weighted by Gasteiger charge is 2.05. The monoisotopic (exact) mass is 263 g/mol. The molecule has 0 unspecified atom stereocenters. The van der Waals surface area contributed by atoms with E-state index in [1.165, 1.54) is 23.5 Å². The standard InChI is InChI=1S/C13H10FNO2S/c1-8-6-9(2-4-11(8)14)13-15-10(7-18-13)3-5-12(16)17/h2-7H,1H3,(H,16,17)/b5-3+. The molecule has 92 valence electrons. The van der Waals surface area contributed by atoms with Crippen LogP contribution in [0, 0.1) is 12.7 Å². The minimum Gasteiger partial charge on any atom is -0.478 e. The molecule has 1 aromatic carbocycles. The lowest BCUT2D eigenvalue weighted by Gasteiger charge is -1.99. The molecule has 0 saturated heterocycles. The van der Waals surface area contributed by atoms with E-state index in [0.29, 0.717) is 11.3 Å². The first kappa shape index (κ1) is 12.4. The number of carboxylic acids is 1. The van der Waals surface area contributed by atoms with Crippen LogP contribution in [0.2, 0.25) is 0 Å². The van der Waals surface area contributed by atoms with Crippen LogP contribution < -0.4 is 0 Å². The van der Waals surface area contributed by atoms with E-state index >= 15 is 0 Å². The predicted molar refractivity (Wildman–Crippen MR) is 68.9 cm³/mol. The molecule has 2 rings (SSSR count). The zero-order chi connectivity index (χ0) is 13.1. The first-order chi connectivity index (χ1) is 8.56. The van der Waals surface area contributed by atoms with E-state index in [0.717, 1.165) is 16.6 Å². The van der Waals surface area contributed by atoms with E-state index in [4.69, 9.17) is 5.11 Å². The maximum atomic E-state index is 13.1. The molecule has 5 heteroatoms.